The fraction of sp³-hybridized carbons (Fsp3) is 0.378. The lowest BCUT2D eigenvalue weighted by atomic mass is 9.81. The Morgan fingerprint density at radius 3 is 1.96 bits per heavy atom. The van der Waals surface area contributed by atoms with Crippen molar-refractivity contribution in [1.82, 2.24) is 0 Å². The van der Waals surface area contributed by atoms with Crippen LogP contribution in [0.25, 0.3) is 0 Å². The van der Waals surface area contributed by atoms with Crippen molar-refractivity contribution in [2.75, 3.05) is 29.5 Å². The molecule has 0 amide bonds. The molecule has 2 aromatic rings. The SMILES string of the molecule is CC1(C)C(/C=C/C=C/C=C/C=C2\N(CCCCS(=O)O)c3ccc(C(=O)O)cc3C2(C)C)=[N+](CCCCS(=O)O)c2ccc(C(=O)O)cc21. The minimum atomic E-state index is -1.85. The molecule has 0 aromatic heterocycles. The summed E-state index contributed by atoms with van der Waals surface area (Å²) in [6, 6.07) is 10.3. The molecule has 2 aliphatic heterocycles. The normalized spacial score (nSPS) is 18.6. The summed E-state index contributed by atoms with van der Waals surface area (Å²) in [5.41, 5.74) is 5.20. The van der Waals surface area contributed by atoms with E-state index in [2.05, 4.69) is 37.2 Å². The third-order valence-electron chi connectivity index (χ3n) is 9.13. The summed E-state index contributed by atoms with van der Waals surface area (Å²) in [5.74, 6) is -1.56. The maximum Gasteiger partial charge on any atom is 0.335 e. The summed E-state index contributed by atoms with van der Waals surface area (Å²) in [4.78, 5) is 25.6. The number of nitrogens with zero attached hydrogens (tertiary/aromatic N) is 2. The fourth-order valence-electron chi connectivity index (χ4n) is 6.58. The highest BCUT2D eigenvalue weighted by atomic mass is 32.2. The number of carboxylic acid groups (broad SMARTS) is 2. The van der Waals surface area contributed by atoms with Gasteiger partial charge in [-0.05, 0) is 75.1 Å². The molecule has 2 aliphatic rings. The lowest BCUT2D eigenvalue weighted by molar-refractivity contribution is -0.438. The van der Waals surface area contributed by atoms with Crippen molar-refractivity contribution < 1.29 is 41.9 Å². The average molecular weight is 710 g/mol. The summed E-state index contributed by atoms with van der Waals surface area (Å²) >= 11 is -3.69. The highest BCUT2D eigenvalue weighted by Crippen LogP contribution is 2.48. The molecule has 2 heterocycles. The van der Waals surface area contributed by atoms with Crippen molar-refractivity contribution in [3.8, 4) is 0 Å². The molecular weight excluding hydrogens is 665 g/mol. The predicted molar refractivity (Wildman–Crippen MR) is 195 cm³/mol. The van der Waals surface area contributed by atoms with Gasteiger partial charge in [0.05, 0.1) is 16.5 Å². The zero-order valence-corrected chi connectivity index (χ0v) is 29.9. The Morgan fingerprint density at radius 2 is 1.33 bits per heavy atom. The van der Waals surface area contributed by atoms with E-state index < -0.39 is 44.9 Å². The summed E-state index contributed by atoms with van der Waals surface area (Å²) < 4.78 is 42.9. The van der Waals surface area contributed by atoms with E-state index in [0.717, 1.165) is 33.9 Å². The maximum absolute atomic E-state index is 11.7. The van der Waals surface area contributed by atoms with Crippen LogP contribution in [0.1, 0.15) is 85.2 Å². The van der Waals surface area contributed by atoms with E-state index in [4.69, 9.17) is 0 Å². The van der Waals surface area contributed by atoms with E-state index in [0.29, 0.717) is 38.8 Å². The van der Waals surface area contributed by atoms with Gasteiger partial charge in [-0.25, -0.2) is 18.0 Å². The number of aromatic carboxylic acids is 2. The van der Waals surface area contributed by atoms with E-state index in [-0.39, 0.29) is 22.6 Å². The van der Waals surface area contributed by atoms with Crippen LogP contribution < -0.4 is 4.90 Å². The van der Waals surface area contributed by atoms with Gasteiger partial charge in [-0.1, -0.05) is 44.2 Å². The molecule has 0 bridgehead atoms. The monoisotopic (exact) mass is 709 g/mol. The molecule has 2 aromatic carbocycles. The van der Waals surface area contributed by atoms with Crippen LogP contribution in [0.3, 0.4) is 0 Å². The molecule has 12 heteroatoms. The molecule has 49 heavy (non-hydrogen) atoms. The molecule has 4 rings (SSSR count). The van der Waals surface area contributed by atoms with Crippen LogP contribution in [0.4, 0.5) is 11.4 Å². The number of unbranched alkanes of at least 4 members (excludes halogenated alkanes) is 2. The first-order chi connectivity index (χ1) is 23.2. The minimum absolute atomic E-state index is 0.203. The quantitative estimate of drug-likeness (QED) is 0.0637. The molecule has 2 unspecified atom stereocenters. The van der Waals surface area contributed by atoms with Crippen LogP contribution >= 0.6 is 0 Å². The van der Waals surface area contributed by atoms with Gasteiger partial charge in [0.25, 0.3) is 0 Å². The highest BCUT2D eigenvalue weighted by Gasteiger charge is 2.44. The largest absolute Gasteiger partial charge is 0.478 e. The Balaban J connectivity index is 1.56. The number of allylic oxidation sites excluding steroid dienone is 8. The third-order valence-corrected chi connectivity index (χ3v) is 10.4. The number of carboxylic acids is 2. The molecule has 0 saturated heterocycles. The maximum atomic E-state index is 11.7. The zero-order valence-electron chi connectivity index (χ0n) is 28.3. The van der Waals surface area contributed by atoms with Gasteiger partial charge < -0.3 is 24.2 Å². The molecule has 2 atom stereocenters. The van der Waals surface area contributed by atoms with Crippen molar-refractivity contribution in [2.45, 2.75) is 64.2 Å². The Bertz CT molecular complexity index is 1800. The van der Waals surface area contributed by atoms with Gasteiger partial charge in [0, 0.05) is 59.0 Å². The molecule has 0 aliphatic carbocycles. The van der Waals surface area contributed by atoms with Crippen LogP contribution in [-0.4, -0.2) is 74.6 Å². The summed E-state index contributed by atoms with van der Waals surface area (Å²) in [7, 11) is 0. The van der Waals surface area contributed by atoms with Crippen molar-refractivity contribution in [1.29, 1.82) is 0 Å². The summed E-state index contributed by atoms with van der Waals surface area (Å²) in [6.07, 6.45) is 16.2. The first-order valence-electron chi connectivity index (χ1n) is 16.2. The molecular formula is C37H45N2O8S2+. The van der Waals surface area contributed by atoms with Gasteiger partial charge in [0.2, 0.25) is 5.69 Å². The van der Waals surface area contributed by atoms with Gasteiger partial charge >= 0.3 is 11.9 Å². The first-order valence-corrected chi connectivity index (χ1v) is 18.8. The molecule has 10 nitrogen and oxygen atoms in total. The molecule has 0 fully saturated rings. The second kappa shape index (κ2) is 16.2. The van der Waals surface area contributed by atoms with Gasteiger partial charge in [-0.15, -0.1) is 0 Å². The standard InChI is InChI=1S/C37H44N2O8S2/c1-36(2)28-24-26(34(40)41)16-18-30(28)38(20-10-12-22-48(44)45)32(36)14-8-6-5-7-9-15-33-37(3,4)29-25-27(35(42)43)17-19-31(29)39(33)21-11-13-23-49(46)47/h5-9,14-19,24-25H,10-13,20-23H2,1-4H3,(H3-,40,41,42,43,44,45,46,47)/p+1. The highest BCUT2D eigenvalue weighted by molar-refractivity contribution is 7.79. The second-order valence-electron chi connectivity index (χ2n) is 13.2. The van der Waals surface area contributed by atoms with Crippen molar-refractivity contribution in [3.05, 3.63) is 107 Å². The van der Waals surface area contributed by atoms with Crippen LogP contribution in [0.15, 0.2) is 84.6 Å². The lowest BCUT2D eigenvalue weighted by Crippen LogP contribution is -2.28. The second-order valence-corrected chi connectivity index (χ2v) is 15.3. The number of rotatable bonds is 16. The summed E-state index contributed by atoms with van der Waals surface area (Å²) in [5, 5.41) is 19.2. The molecule has 0 spiro atoms. The molecule has 0 radical (unpaired) electrons. The molecule has 4 N–H and O–H groups in total. The molecule has 262 valence electrons. The number of carbonyl (C=O) groups is 2. The van der Waals surface area contributed by atoms with Crippen molar-refractivity contribution in [2.24, 2.45) is 0 Å². The smallest absolute Gasteiger partial charge is 0.335 e. The number of hydrogen-bond acceptors (Lipinski definition) is 5. The van der Waals surface area contributed by atoms with Gasteiger partial charge in [-0.3, -0.25) is 0 Å². The van der Waals surface area contributed by atoms with Crippen molar-refractivity contribution in [3.63, 3.8) is 0 Å². The fourth-order valence-corrected chi connectivity index (χ4v) is 7.48. The van der Waals surface area contributed by atoms with Gasteiger partial charge in [0.15, 0.2) is 27.9 Å². The summed E-state index contributed by atoms with van der Waals surface area (Å²) in [6.45, 7) is 9.49. The Morgan fingerprint density at radius 1 is 0.755 bits per heavy atom. The third kappa shape index (κ3) is 8.80. The number of anilines is 1. The number of hydrogen-bond donors (Lipinski definition) is 4. The number of benzene rings is 2. The average Bonchev–Trinajstić information content (AvgIpc) is 3.38. The number of fused-ring (bicyclic) bond motifs is 2. The van der Waals surface area contributed by atoms with E-state index in [1.54, 1.807) is 24.3 Å². The van der Waals surface area contributed by atoms with Crippen molar-refractivity contribution >= 4 is 51.2 Å². The van der Waals surface area contributed by atoms with E-state index >= 15 is 0 Å². The van der Waals surface area contributed by atoms with Crippen LogP contribution in [-0.2, 0) is 33.0 Å². The predicted octanol–water partition coefficient (Wildman–Crippen LogP) is 6.81. The minimum Gasteiger partial charge on any atom is -0.478 e. The van der Waals surface area contributed by atoms with E-state index in [9.17, 15) is 37.3 Å². The van der Waals surface area contributed by atoms with E-state index in [1.165, 1.54) is 0 Å². The van der Waals surface area contributed by atoms with Gasteiger partial charge in [0.1, 0.15) is 6.54 Å². The van der Waals surface area contributed by atoms with E-state index in [1.807, 2.05) is 54.7 Å². The van der Waals surface area contributed by atoms with Crippen LogP contribution in [0, 0.1) is 0 Å². The first kappa shape index (κ1) is 37.8. The Kier molecular flexibility index (Phi) is 12.5. The van der Waals surface area contributed by atoms with Crippen LogP contribution in [0.5, 0.6) is 0 Å². The Hall–Kier alpha value is -3.97. The van der Waals surface area contributed by atoms with Gasteiger partial charge in [-0.2, -0.15) is 4.58 Å². The molecule has 0 saturated carbocycles. The zero-order chi connectivity index (χ0) is 35.9. The van der Waals surface area contributed by atoms with Crippen LogP contribution in [0.2, 0.25) is 0 Å². The topological polar surface area (TPSA) is 155 Å². The lowest BCUT2D eigenvalue weighted by Gasteiger charge is -2.27. The Labute approximate surface area is 292 Å².